The van der Waals surface area contributed by atoms with E-state index in [0.717, 1.165) is 12.1 Å². The zero-order valence-electron chi connectivity index (χ0n) is 12.8. The Hall–Kier alpha value is -2.91. The first-order chi connectivity index (χ1) is 11.1. The van der Waals surface area contributed by atoms with Gasteiger partial charge in [0.2, 0.25) is 11.8 Å². The van der Waals surface area contributed by atoms with Gasteiger partial charge < -0.3 is 10.5 Å². The number of hydrogen-bond acceptors (Lipinski definition) is 4. The predicted octanol–water partition coefficient (Wildman–Crippen LogP) is 1.52. The van der Waals surface area contributed by atoms with Crippen molar-refractivity contribution >= 4 is 12.1 Å². The summed E-state index contributed by atoms with van der Waals surface area (Å²) in [6, 6.07) is 2.20. The summed E-state index contributed by atoms with van der Waals surface area (Å²) >= 11 is 0. The molecule has 24 heavy (non-hydrogen) atoms. The van der Waals surface area contributed by atoms with E-state index in [1.807, 2.05) is 0 Å². The number of amides is 1. The number of nitrogens with one attached hydrogen (secondary N) is 1. The topological polar surface area (TPSA) is 97.8 Å². The minimum Gasteiger partial charge on any atom is -0.475 e. The molecule has 0 unspecified atom stereocenters. The van der Waals surface area contributed by atoms with Crippen LogP contribution in [-0.4, -0.2) is 27.1 Å². The summed E-state index contributed by atoms with van der Waals surface area (Å²) in [6.45, 7) is 3.36. The fourth-order valence-corrected chi connectivity index (χ4v) is 1.76. The number of carbonyl (C=O) groups is 1. The van der Waals surface area contributed by atoms with Crippen LogP contribution in [0.4, 0.5) is 13.2 Å². The molecular weight excluding hydrogens is 327 g/mol. The van der Waals surface area contributed by atoms with Gasteiger partial charge in [-0.3, -0.25) is 4.79 Å². The van der Waals surface area contributed by atoms with Gasteiger partial charge in [0.05, 0.1) is 11.7 Å². The molecule has 0 aromatic carbocycles. The van der Waals surface area contributed by atoms with Crippen LogP contribution in [0.3, 0.4) is 0 Å². The highest BCUT2D eigenvalue weighted by atomic mass is 19.4. The number of halogens is 3. The lowest BCUT2D eigenvalue weighted by atomic mass is 10.2. The third kappa shape index (κ3) is 4.54. The SMILES string of the molecule is CC(C)Oc1cc(-c2nc[n+](C=CC(N)=O)[nH]2)cc(C(F)(F)F)n1. The molecule has 0 radical (unpaired) electrons. The van der Waals surface area contributed by atoms with Crippen LogP contribution >= 0.6 is 0 Å². The third-order valence-corrected chi connectivity index (χ3v) is 2.67. The lowest BCUT2D eigenvalue weighted by Crippen LogP contribution is -2.27. The summed E-state index contributed by atoms with van der Waals surface area (Å²) < 4.78 is 45.5. The molecule has 3 N–H and O–H groups in total. The normalized spacial score (nSPS) is 12.1. The molecule has 0 saturated heterocycles. The average molecular weight is 342 g/mol. The predicted molar refractivity (Wildman–Crippen MR) is 77.3 cm³/mol. The molecule has 2 aromatic rings. The standard InChI is InChI=1S/C14H14F3N5O2/c1-8(2)24-12-6-9(5-10(20-12)14(15,16)17)13-19-7-22(21-13)4-3-11(18)23/h3-8H,1-2H3,(H2,18,23)/p+1. The van der Waals surface area contributed by atoms with Crippen LogP contribution in [0.1, 0.15) is 19.5 Å². The Labute approximate surface area is 135 Å². The molecule has 0 bridgehead atoms. The van der Waals surface area contributed by atoms with Gasteiger partial charge in [-0.2, -0.15) is 18.3 Å². The molecule has 0 aliphatic rings. The minimum absolute atomic E-state index is 0.138. The van der Waals surface area contributed by atoms with Crippen molar-refractivity contribution in [3.8, 4) is 17.3 Å². The van der Waals surface area contributed by atoms with E-state index in [9.17, 15) is 18.0 Å². The van der Waals surface area contributed by atoms with E-state index in [1.165, 1.54) is 23.3 Å². The van der Waals surface area contributed by atoms with Crippen LogP contribution in [0.2, 0.25) is 0 Å². The molecule has 1 amide bonds. The summed E-state index contributed by atoms with van der Waals surface area (Å²) in [5, 5.41) is 2.70. The number of aromatic amines is 1. The van der Waals surface area contributed by atoms with Crippen molar-refractivity contribution in [1.82, 2.24) is 15.1 Å². The van der Waals surface area contributed by atoms with Crippen LogP contribution < -0.4 is 15.2 Å². The summed E-state index contributed by atoms with van der Waals surface area (Å²) in [6.07, 6.45) is -1.32. The van der Waals surface area contributed by atoms with Crippen molar-refractivity contribution in [1.29, 1.82) is 0 Å². The van der Waals surface area contributed by atoms with Crippen LogP contribution in [-0.2, 0) is 11.0 Å². The van der Waals surface area contributed by atoms with E-state index in [4.69, 9.17) is 10.5 Å². The molecule has 0 atom stereocenters. The largest absolute Gasteiger partial charge is 0.475 e. The maximum absolute atomic E-state index is 13.0. The molecule has 0 aliphatic heterocycles. The number of nitrogens with zero attached hydrogens (tertiary/aromatic N) is 3. The van der Waals surface area contributed by atoms with Gasteiger partial charge >= 0.3 is 12.5 Å². The molecule has 10 heteroatoms. The third-order valence-electron chi connectivity index (χ3n) is 2.67. The van der Waals surface area contributed by atoms with Crippen LogP contribution in [0.5, 0.6) is 5.88 Å². The number of nitrogens with two attached hydrogens (primary N) is 1. The van der Waals surface area contributed by atoms with Gasteiger partial charge in [-0.1, -0.05) is 0 Å². The molecule has 2 aromatic heterocycles. The van der Waals surface area contributed by atoms with Crippen molar-refractivity contribution in [3.63, 3.8) is 0 Å². The van der Waals surface area contributed by atoms with Gasteiger partial charge in [0.25, 0.3) is 5.82 Å². The first-order valence-corrected chi connectivity index (χ1v) is 6.85. The first-order valence-electron chi connectivity index (χ1n) is 6.85. The smallest absolute Gasteiger partial charge is 0.433 e. The number of H-pyrrole nitrogens is 1. The van der Waals surface area contributed by atoms with Crippen LogP contribution in [0.15, 0.2) is 24.5 Å². The van der Waals surface area contributed by atoms with Gasteiger partial charge in [-0.25, -0.2) is 4.98 Å². The molecular formula is C14H15F3N5O2+. The first kappa shape index (κ1) is 17.4. The summed E-state index contributed by atoms with van der Waals surface area (Å²) in [5.41, 5.74) is 4.02. The van der Waals surface area contributed by atoms with Crippen molar-refractivity contribution < 1.29 is 27.4 Å². The molecule has 0 fully saturated rings. The number of carbonyl (C=O) groups excluding carboxylic acids is 1. The number of rotatable bonds is 5. The Morgan fingerprint density at radius 1 is 1.42 bits per heavy atom. The van der Waals surface area contributed by atoms with Gasteiger partial charge in [0.15, 0.2) is 0 Å². The van der Waals surface area contributed by atoms with E-state index in [2.05, 4.69) is 15.1 Å². The van der Waals surface area contributed by atoms with E-state index in [0.29, 0.717) is 0 Å². The lowest BCUT2D eigenvalue weighted by Gasteiger charge is -2.12. The lowest BCUT2D eigenvalue weighted by molar-refractivity contribution is -0.630. The fourth-order valence-electron chi connectivity index (χ4n) is 1.76. The fraction of sp³-hybridized carbons (Fsp3) is 0.286. The van der Waals surface area contributed by atoms with E-state index < -0.39 is 17.8 Å². The highest BCUT2D eigenvalue weighted by Gasteiger charge is 2.34. The van der Waals surface area contributed by atoms with Crippen molar-refractivity contribution in [2.24, 2.45) is 5.73 Å². The quantitative estimate of drug-likeness (QED) is 0.636. The number of pyridine rings is 1. The zero-order chi connectivity index (χ0) is 17.9. The average Bonchev–Trinajstić information content (AvgIpc) is 2.92. The van der Waals surface area contributed by atoms with Crippen molar-refractivity contribution in [2.45, 2.75) is 26.1 Å². The zero-order valence-corrected chi connectivity index (χ0v) is 12.8. The second-order valence-corrected chi connectivity index (χ2v) is 5.07. The van der Waals surface area contributed by atoms with E-state index >= 15 is 0 Å². The summed E-state index contributed by atoms with van der Waals surface area (Å²) in [4.78, 5) is 18.1. The van der Waals surface area contributed by atoms with Gasteiger partial charge in [-0.15, -0.1) is 4.68 Å². The summed E-state index contributed by atoms with van der Waals surface area (Å²) in [7, 11) is 0. The van der Waals surface area contributed by atoms with Crippen LogP contribution in [0.25, 0.3) is 17.6 Å². The number of alkyl halides is 3. The Morgan fingerprint density at radius 2 is 2.12 bits per heavy atom. The number of aromatic nitrogens is 4. The van der Waals surface area contributed by atoms with Crippen LogP contribution in [0, 0.1) is 0 Å². The number of hydrogen-bond donors (Lipinski definition) is 2. The van der Waals surface area contributed by atoms with Crippen molar-refractivity contribution in [2.75, 3.05) is 0 Å². The van der Waals surface area contributed by atoms with Gasteiger partial charge in [0, 0.05) is 12.1 Å². The Bertz CT molecular complexity index is 768. The monoisotopic (exact) mass is 342 g/mol. The maximum Gasteiger partial charge on any atom is 0.433 e. The van der Waals surface area contributed by atoms with Gasteiger partial charge in [-0.05, 0) is 24.9 Å². The number of ether oxygens (including phenoxy) is 1. The second-order valence-electron chi connectivity index (χ2n) is 5.07. The van der Waals surface area contributed by atoms with Crippen molar-refractivity contribution in [3.05, 3.63) is 30.2 Å². The Balaban J connectivity index is 2.43. The van der Waals surface area contributed by atoms with E-state index in [-0.39, 0.29) is 23.4 Å². The minimum atomic E-state index is -4.63. The molecule has 2 rings (SSSR count). The molecule has 2 heterocycles. The molecule has 7 nitrogen and oxygen atoms in total. The maximum atomic E-state index is 13.0. The molecule has 0 aliphatic carbocycles. The number of primary amides is 1. The highest BCUT2D eigenvalue weighted by Crippen LogP contribution is 2.32. The Kier molecular flexibility index (Phi) is 4.86. The second kappa shape index (κ2) is 6.69. The molecule has 128 valence electrons. The van der Waals surface area contributed by atoms with E-state index in [1.54, 1.807) is 13.8 Å². The Morgan fingerprint density at radius 3 is 2.71 bits per heavy atom. The highest BCUT2D eigenvalue weighted by molar-refractivity contribution is 5.87. The molecule has 0 spiro atoms. The van der Waals surface area contributed by atoms with Gasteiger partial charge in [0.1, 0.15) is 11.9 Å². The molecule has 0 saturated carbocycles. The summed E-state index contributed by atoms with van der Waals surface area (Å²) in [5.74, 6) is -0.689.